The van der Waals surface area contributed by atoms with Gasteiger partial charge < -0.3 is 29.0 Å². The highest BCUT2D eigenvalue weighted by Gasteiger charge is 2.18. The first-order chi connectivity index (χ1) is 15.4. The molecule has 0 fully saturated rings. The largest absolute Gasteiger partial charge is 0.494 e. The average molecular weight is 454 g/mol. The van der Waals surface area contributed by atoms with Gasteiger partial charge >= 0.3 is 12.1 Å². The van der Waals surface area contributed by atoms with E-state index in [9.17, 15) is 14.7 Å². The molecule has 0 radical (unpaired) electrons. The SMILES string of the molecule is CCCCOCCN(CCCOc1ccc(CC(OCC)C(=O)O)cc1)C(=O)OC(C)C. The van der Waals surface area contributed by atoms with E-state index in [2.05, 4.69) is 6.92 Å². The van der Waals surface area contributed by atoms with E-state index in [0.29, 0.717) is 58.1 Å². The summed E-state index contributed by atoms with van der Waals surface area (Å²) in [5.74, 6) is -0.278. The van der Waals surface area contributed by atoms with Gasteiger partial charge in [-0.2, -0.15) is 0 Å². The third-order valence-corrected chi connectivity index (χ3v) is 4.57. The van der Waals surface area contributed by atoms with Crippen LogP contribution >= 0.6 is 0 Å². The molecular formula is C24H39NO7. The van der Waals surface area contributed by atoms with Gasteiger partial charge in [0.15, 0.2) is 6.10 Å². The second-order valence-corrected chi connectivity index (χ2v) is 7.72. The lowest BCUT2D eigenvalue weighted by atomic mass is 10.1. The molecule has 8 nitrogen and oxygen atoms in total. The highest BCUT2D eigenvalue weighted by molar-refractivity contribution is 5.72. The van der Waals surface area contributed by atoms with Gasteiger partial charge in [0.2, 0.25) is 0 Å². The Balaban J connectivity index is 2.45. The summed E-state index contributed by atoms with van der Waals surface area (Å²) >= 11 is 0. The predicted molar refractivity (Wildman–Crippen MR) is 122 cm³/mol. The van der Waals surface area contributed by atoms with Crippen molar-refractivity contribution < 1.29 is 33.6 Å². The molecule has 32 heavy (non-hydrogen) atoms. The van der Waals surface area contributed by atoms with Crippen LogP contribution in [0.4, 0.5) is 4.79 Å². The Hall–Kier alpha value is -2.32. The molecule has 0 aliphatic rings. The summed E-state index contributed by atoms with van der Waals surface area (Å²) in [6.45, 7) is 10.5. The second kappa shape index (κ2) is 16.3. The van der Waals surface area contributed by atoms with E-state index >= 15 is 0 Å². The molecule has 182 valence electrons. The van der Waals surface area contributed by atoms with Crippen molar-refractivity contribution in [2.24, 2.45) is 0 Å². The maximum atomic E-state index is 12.3. The predicted octanol–water partition coefficient (Wildman–Crippen LogP) is 4.15. The van der Waals surface area contributed by atoms with Gasteiger partial charge in [-0.05, 0) is 51.3 Å². The maximum Gasteiger partial charge on any atom is 0.410 e. The summed E-state index contributed by atoms with van der Waals surface area (Å²) in [5.41, 5.74) is 0.865. The van der Waals surface area contributed by atoms with Gasteiger partial charge in [0, 0.05) is 32.7 Å². The van der Waals surface area contributed by atoms with Crippen LogP contribution in [0.15, 0.2) is 24.3 Å². The van der Waals surface area contributed by atoms with Crippen LogP contribution in [0.25, 0.3) is 0 Å². The lowest BCUT2D eigenvalue weighted by Crippen LogP contribution is -2.37. The van der Waals surface area contributed by atoms with Gasteiger partial charge in [0.05, 0.1) is 19.3 Å². The van der Waals surface area contributed by atoms with Crippen molar-refractivity contribution in [3.63, 3.8) is 0 Å². The van der Waals surface area contributed by atoms with E-state index in [1.165, 1.54) is 0 Å². The summed E-state index contributed by atoms with van der Waals surface area (Å²) < 4.78 is 21.9. The maximum absolute atomic E-state index is 12.3. The van der Waals surface area contributed by atoms with Crippen molar-refractivity contribution in [1.29, 1.82) is 0 Å². The van der Waals surface area contributed by atoms with Gasteiger partial charge in [-0.15, -0.1) is 0 Å². The van der Waals surface area contributed by atoms with Crippen molar-refractivity contribution in [3.8, 4) is 5.75 Å². The molecule has 1 aromatic rings. The van der Waals surface area contributed by atoms with Gasteiger partial charge in [-0.25, -0.2) is 9.59 Å². The van der Waals surface area contributed by atoms with E-state index in [4.69, 9.17) is 18.9 Å². The first kappa shape index (κ1) is 27.7. The average Bonchev–Trinajstić information content (AvgIpc) is 2.75. The van der Waals surface area contributed by atoms with Crippen LogP contribution in [0, 0.1) is 0 Å². The van der Waals surface area contributed by atoms with E-state index < -0.39 is 12.1 Å². The van der Waals surface area contributed by atoms with E-state index in [-0.39, 0.29) is 12.2 Å². The van der Waals surface area contributed by atoms with E-state index in [1.54, 1.807) is 11.8 Å². The number of hydrogen-bond donors (Lipinski definition) is 1. The zero-order valence-electron chi connectivity index (χ0n) is 19.9. The topological polar surface area (TPSA) is 94.5 Å². The summed E-state index contributed by atoms with van der Waals surface area (Å²) in [6, 6.07) is 7.30. The number of hydrogen-bond acceptors (Lipinski definition) is 6. The number of carbonyl (C=O) groups is 2. The highest BCUT2D eigenvalue weighted by atomic mass is 16.6. The number of ether oxygens (including phenoxy) is 4. The number of aliphatic carboxylic acids is 1. The third-order valence-electron chi connectivity index (χ3n) is 4.57. The molecular weight excluding hydrogens is 414 g/mol. The molecule has 8 heteroatoms. The molecule has 1 atom stereocenters. The molecule has 0 heterocycles. The molecule has 1 amide bonds. The molecule has 1 aromatic carbocycles. The van der Waals surface area contributed by atoms with Crippen LogP contribution in [0.3, 0.4) is 0 Å². The first-order valence-corrected chi connectivity index (χ1v) is 11.5. The minimum absolute atomic E-state index is 0.177. The summed E-state index contributed by atoms with van der Waals surface area (Å²) in [4.78, 5) is 25.2. The van der Waals surface area contributed by atoms with Crippen molar-refractivity contribution in [1.82, 2.24) is 4.90 Å². The standard InChI is InChI=1S/C24H39NO7/c1-5-7-15-29-17-14-25(24(28)32-19(3)4)13-8-16-31-21-11-9-20(10-12-21)18-22(23(26)27)30-6-2/h9-12,19,22H,5-8,13-18H2,1-4H3,(H,26,27). The van der Waals surface area contributed by atoms with Crippen LogP contribution in [0.1, 0.15) is 52.5 Å². The highest BCUT2D eigenvalue weighted by Crippen LogP contribution is 2.15. The minimum atomic E-state index is -0.969. The Morgan fingerprint density at radius 2 is 1.72 bits per heavy atom. The number of rotatable bonds is 17. The first-order valence-electron chi connectivity index (χ1n) is 11.5. The monoisotopic (exact) mass is 453 g/mol. The fourth-order valence-corrected chi connectivity index (χ4v) is 2.89. The molecule has 0 spiro atoms. The molecule has 1 N–H and O–H groups in total. The number of carboxylic acids is 1. The Morgan fingerprint density at radius 1 is 1.00 bits per heavy atom. The Morgan fingerprint density at radius 3 is 2.31 bits per heavy atom. The zero-order valence-corrected chi connectivity index (χ0v) is 19.9. The van der Waals surface area contributed by atoms with Crippen LogP contribution in [-0.4, -0.2) is 73.8 Å². The normalized spacial score (nSPS) is 11.9. The number of benzene rings is 1. The molecule has 1 rings (SSSR count). The quantitative estimate of drug-likeness (QED) is 0.354. The Labute approximate surface area is 191 Å². The Bertz CT molecular complexity index is 648. The smallest absolute Gasteiger partial charge is 0.410 e. The molecule has 1 unspecified atom stereocenters. The van der Waals surface area contributed by atoms with Crippen molar-refractivity contribution >= 4 is 12.1 Å². The van der Waals surface area contributed by atoms with Crippen LogP contribution < -0.4 is 4.74 Å². The van der Waals surface area contributed by atoms with Gasteiger partial charge in [-0.3, -0.25) is 0 Å². The Kier molecular flexibility index (Phi) is 14.1. The zero-order chi connectivity index (χ0) is 23.8. The van der Waals surface area contributed by atoms with E-state index in [1.807, 2.05) is 38.1 Å². The van der Waals surface area contributed by atoms with Crippen LogP contribution in [0.2, 0.25) is 0 Å². The van der Waals surface area contributed by atoms with E-state index in [0.717, 1.165) is 18.4 Å². The van der Waals surface area contributed by atoms with Gasteiger partial charge in [0.25, 0.3) is 0 Å². The lowest BCUT2D eigenvalue weighted by Gasteiger charge is -2.23. The van der Waals surface area contributed by atoms with Crippen molar-refractivity contribution in [3.05, 3.63) is 29.8 Å². The number of amides is 1. The molecule has 0 aliphatic heterocycles. The summed E-state index contributed by atoms with van der Waals surface area (Å²) in [6.07, 6.45) is 1.66. The number of carboxylic acid groups (broad SMARTS) is 1. The van der Waals surface area contributed by atoms with Gasteiger partial charge in [-0.1, -0.05) is 25.5 Å². The summed E-state index contributed by atoms with van der Waals surface area (Å²) in [7, 11) is 0. The third kappa shape index (κ3) is 11.9. The second-order valence-electron chi connectivity index (χ2n) is 7.72. The van der Waals surface area contributed by atoms with Crippen LogP contribution in [-0.2, 0) is 25.4 Å². The van der Waals surface area contributed by atoms with Gasteiger partial charge in [0.1, 0.15) is 5.75 Å². The molecule has 0 aromatic heterocycles. The minimum Gasteiger partial charge on any atom is -0.494 e. The molecule has 0 aliphatic carbocycles. The van der Waals surface area contributed by atoms with Crippen molar-refractivity contribution in [2.75, 3.05) is 39.5 Å². The summed E-state index contributed by atoms with van der Waals surface area (Å²) in [5, 5.41) is 9.19. The number of nitrogens with zero attached hydrogens (tertiary/aromatic N) is 1. The fourth-order valence-electron chi connectivity index (χ4n) is 2.89. The number of carbonyl (C=O) groups excluding carboxylic acids is 1. The van der Waals surface area contributed by atoms with Crippen LogP contribution in [0.5, 0.6) is 5.75 Å². The van der Waals surface area contributed by atoms with Crippen molar-refractivity contribution in [2.45, 2.75) is 65.6 Å². The molecule has 0 bridgehead atoms. The molecule has 0 saturated heterocycles. The number of unbranched alkanes of at least 4 members (excludes halogenated alkanes) is 1. The fraction of sp³-hybridized carbons (Fsp3) is 0.667. The lowest BCUT2D eigenvalue weighted by molar-refractivity contribution is -0.149. The molecule has 0 saturated carbocycles.